The zero-order valence-electron chi connectivity index (χ0n) is 27.2. The molecule has 9 aromatic carbocycles. The molecule has 0 atom stereocenters. The molecule has 232 valence electrons. The summed E-state index contributed by atoms with van der Waals surface area (Å²) in [6.07, 6.45) is 0. The Morgan fingerprint density at radius 2 is 0.720 bits per heavy atom. The summed E-state index contributed by atoms with van der Waals surface area (Å²) >= 11 is 0. The fourth-order valence-electron chi connectivity index (χ4n) is 8.39. The second-order valence-electron chi connectivity index (χ2n) is 13.4. The third-order valence-electron chi connectivity index (χ3n) is 10.6. The minimum absolute atomic E-state index is 1.17. The molecule has 11 aromatic rings. The van der Waals surface area contributed by atoms with Gasteiger partial charge in [-0.1, -0.05) is 121 Å². The first-order chi connectivity index (χ1) is 24.8. The van der Waals surface area contributed by atoms with Crippen LogP contribution in [0.15, 0.2) is 182 Å². The molecular weight excluding hydrogens is 605 g/mol. The lowest BCUT2D eigenvalue weighted by molar-refractivity contribution is 1.18. The van der Waals surface area contributed by atoms with Crippen LogP contribution in [0.25, 0.3) is 98.4 Å². The van der Waals surface area contributed by atoms with Crippen molar-refractivity contribution < 1.29 is 0 Å². The van der Waals surface area contributed by atoms with E-state index in [0.29, 0.717) is 0 Å². The van der Waals surface area contributed by atoms with E-state index in [1.807, 2.05) is 0 Å². The van der Waals surface area contributed by atoms with Crippen molar-refractivity contribution in [1.29, 1.82) is 0 Å². The van der Waals surface area contributed by atoms with Crippen molar-refractivity contribution in [1.82, 2.24) is 9.13 Å². The summed E-state index contributed by atoms with van der Waals surface area (Å²) in [6.45, 7) is 0. The molecule has 0 radical (unpaired) electrons. The smallest absolute Gasteiger partial charge is 0.0547 e. The van der Waals surface area contributed by atoms with E-state index < -0.39 is 0 Å². The zero-order valence-corrected chi connectivity index (χ0v) is 27.2. The third-order valence-corrected chi connectivity index (χ3v) is 10.6. The lowest BCUT2D eigenvalue weighted by Gasteiger charge is -2.10. The molecule has 0 saturated heterocycles. The topological polar surface area (TPSA) is 9.86 Å². The largest absolute Gasteiger partial charge is 0.309 e. The molecule has 0 aliphatic carbocycles. The van der Waals surface area contributed by atoms with Crippen LogP contribution in [0, 0.1) is 0 Å². The molecule has 0 aliphatic rings. The van der Waals surface area contributed by atoms with Crippen LogP contribution in [0.4, 0.5) is 0 Å². The highest BCUT2D eigenvalue weighted by Crippen LogP contribution is 2.42. The van der Waals surface area contributed by atoms with Crippen molar-refractivity contribution in [2.24, 2.45) is 0 Å². The Morgan fingerprint density at radius 1 is 0.260 bits per heavy atom. The number of hydrogen-bond donors (Lipinski definition) is 0. The number of aromatic nitrogens is 2. The van der Waals surface area contributed by atoms with Gasteiger partial charge in [-0.05, 0) is 104 Å². The molecular formula is C48H30N2. The van der Waals surface area contributed by atoms with E-state index in [1.165, 1.54) is 98.4 Å². The van der Waals surface area contributed by atoms with Gasteiger partial charge in [-0.2, -0.15) is 0 Å². The van der Waals surface area contributed by atoms with Gasteiger partial charge >= 0.3 is 0 Å². The van der Waals surface area contributed by atoms with Gasteiger partial charge in [0.15, 0.2) is 0 Å². The number of rotatable bonds is 3. The normalized spacial score (nSPS) is 12.0. The molecule has 0 bridgehead atoms. The number of para-hydroxylation sites is 1. The highest BCUT2D eigenvalue weighted by atomic mass is 15.0. The molecule has 11 rings (SSSR count). The first-order valence-corrected chi connectivity index (χ1v) is 17.3. The van der Waals surface area contributed by atoms with E-state index in [0.717, 1.165) is 0 Å². The predicted octanol–water partition coefficient (Wildman–Crippen LogP) is 13.0. The summed E-state index contributed by atoms with van der Waals surface area (Å²) in [6, 6.07) is 66.8. The van der Waals surface area contributed by atoms with Crippen LogP contribution >= 0.6 is 0 Å². The minimum Gasteiger partial charge on any atom is -0.309 e. The van der Waals surface area contributed by atoms with Crippen LogP contribution < -0.4 is 0 Å². The van der Waals surface area contributed by atoms with Gasteiger partial charge in [0.1, 0.15) is 0 Å². The van der Waals surface area contributed by atoms with E-state index in [-0.39, 0.29) is 0 Å². The van der Waals surface area contributed by atoms with Crippen LogP contribution in [0.1, 0.15) is 0 Å². The molecule has 2 heterocycles. The fraction of sp³-hybridized carbons (Fsp3) is 0. The third kappa shape index (κ3) is 3.90. The summed E-state index contributed by atoms with van der Waals surface area (Å²) < 4.78 is 4.85. The van der Waals surface area contributed by atoms with Gasteiger partial charge in [0.25, 0.3) is 0 Å². The Bertz CT molecular complexity index is 3140. The second-order valence-corrected chi connectivity index (χ2v) is 13.4. The van der Waals surface area contributed by atoms with E-state index in [9.17, 15) is 0 Å². The Kier molecular flexibility index (Phi) is 5.70. The molecule has 0 unspecified atom stereocenters. The second kappa shape index (κ2) is 10.4. The van der Waals surface area contributed by atoms with Crippen LogP contribution in [0.3, 0.4) is 0 Å². The lowest BCUT2D eigenvalue weighted by atomic mass is 9.98. The molecule has 2 heteroatoms. The Balaban J connectivity index is 1.20. The van der Waals surface area contributed by atoms with Gasteiger partial charge in [0, 0.05) is 32.9 Å². The standard InChI is InChI=1S/C48H30N2/c1-2-14-37(15-3-1)49-43-24-21-35(29-41(43)47-39-16-8-6-11-32(39)19-26-45(47)49)36-22-25-44-42(30-36)48-40-17-9-7-12-33(40)20-27-46(48)50(44)38-23-18-31-10-4-5-13-34(31)28-38/h1-30H. The Labute approximate surface area is 288 Å². The van der Waals surface area contributed by atoms with Gasteiger partial charge in [0.2, 0.25) is 0 Å². The molecule has 0 saturated carbocycles. The van der Waals surface area contributed by atoms with Crippen LogP contribution in [0.2, 0.25) is 0 Å². The van der Waals surface area contributed by atoms with Crippen LogP contribution in [-0.2, 0) is 0 Å². The molecule has 2 nitrogen and oxygen atoms in total. The van der Waals surface area contributed by atoms with Crippen molar-refractivity contribution in [3.05, 3.63) is 182 Å². The SMILES string of the molecule is c1ccc(-n2c3ccc(-c4ccc5c(c4)c4c6ccccc6ccc4n5-c4ccc5ccccc5c4)cc3c3c4ccccc4ccc32)cc1. The molecule has 50 heavy (non-hydrogen) atoms. The summed E-state index contributed by atoms with van der Waals surface area (Å²) in [7, 11) is 0. The number of fused-ring (bicyclic) bond motifs is 11. The van der Waals surface area contributed by atoms with Gasteiger partial charge < -0.3 is 9.13 Å². The van der Waals surface area contributed by atoms with Crippen molar-refractivity contribution in [2.45, 2.75) is 0 Å². The van der Waals surface area contributed by atoms with Gasteiger partial charge in [0.05, 0.1) is 22.1 Å². The van der Waals surface area contributed by atoms with Crippen molar-refractivity contribution >= 4 is 75.9 Å². The molecule has 0 aliphatic heterocycles. The van der Waals surface area contributed by atoms with Gasteiger partial charge in [-0.15, -0.1) is 0 Å². The highest BCUT2D eigenvalue weighted by Gasteiger charge is 2.18. The van der Waals surface area contributed by atoms with E-state index in [1.54, 1.807) is 0 Å². The summed E-state index contributed by atoms with van der Waals surface area (Å²) in [5.41, 5.74) is 9.65. The summed E-state index contributed by atoms with van der Waals surface area (Å²) in [4.78, 5) is 0. The van der Waals surface area contributed by atoms with E-state index in [4.69, 9.17) is 0 Å². The Morgan fingerprint density at radius 3 is 1.32 bits per heavy atom. The minimum atomic E-state index is 1.17. The molecule has 0 fully saturated rings. The maximum Gasteiger partial charge on any atom is 0.0547 e. The Hall–Kier alpha value is -6.64. The maximum atomic E-state index is 2.44. The summed E-state index contributed by atoms with van der Waals surface area (Å²) in [5, 5.41) is 12.7. The molecule has 0 spiro atoms. The van der Waals surface area contributed by atoms with Gasteiger partial charge in [-0.25, -0.2) is 0 Å². The lowest BCUT2D eigenvalue weighted by Crippen LogP contribution is -1.94. The molecule has 0 amide bonds. The van der Waals surface area contributed by atoms with E-state index in [2.05, 4.69) is 191 Å². The predicted molar refractivity (Wildman–Crippen MR) is 213 cm³/mol. The van der Waals surface area contributed by atoms with Crippen molar-refractivity contribution in [3.63, 3.8) is 0 Å². The molecule has 0 N–H and O–H groups in total. The monoisotopic (exact) mass is 634 g/mol. The number of benzene rings is 9. The first-order valence-electron chi connectivity index (χ1n) is 17.3. The average molecular weight is 635 g/mol. The summed E-state index contributed by atoms with van der Waals surface area (Å²) in [5.74, 6) is 0. The van der Waals surface area contributed by atoms with Crippen molar-refractivity contribution in [3.8, 4) is 22.5 Å². The average Bonchev–Trinajstić information content (AvgIpc) is 3.70. The van der Waals surface area contributed by atoms with Crippen LogP contribution in [0.5, 0.6) is 0 Å². The molecule has 2 aromatic heterocycles. The number of hydrogen-bond acceptors (Lipinski definition) is 0. The van der Waals surface area contributed by atoms with Gasteiger partial charge in [-0.3, -0.25) is 0 Å². The van der Waals surface area contributed by atoms with E-state index >= 15 is 0 Å². The maximum absolute atomic E-state index is 2.44. The number of nitrogens with zero attached hydrogens (tertiary/aromatic N) is 2. The van der Waals surface area contributed by atoms with Crippen molar-refractivity contribution in [2.75, 3.05) is 0 Å². The quantitative estimate of drug-likeness (QED) is 0.183. The van der Waals surface area contributed by atoms with Crippen LogP contribution in [-0.4, -0.2) is 9.13 Å². The highest BCUT2D eigenvalue weighted by molar-refractivity contribution is 6.23. The fourth-order valence-corrected chi connectivity index (χ4v) is 8.39. The zero-order chi connectivity index (χ0) is 32.8. The first kappa shape index (κ1) is 27.3.